The molecule has 2 saturated carbocycles. The first kappa shape index (κ1) is 12.7. The van der Waals surface area contributed by atoms with Crippen LogP contribution in [0.25, 0.3) is 0 Å². The van der Waals surface area contributed by atoms with Gasteiger partial charge in [0.1, 0.15) is 5.54 Å². The second-order valence-corrected chi connectivity index (χ2v) is 5.89. The quantitative estimate of drug-likeness (QED) is 0.838. The first-order valence-electron chi connectivity index (χ1n) is 7.00. The third kappa shape index (κ3) is 2.39. The van der Waals surface area contributed by atoms with Crippen molar-refractivity contribution in [1.82, 2.24) is 15.1 Å². The molecular formula is C14H21N3O2. The summed E-state index contributed by atoms with van der Waals surface area (Å²) in [5.41, 5.74) is 0.659. The van der Waals surface area contributed by atoms with Crippen LogP contribution in [-0.4, -0.2) is 34.4 Å². The first-order chi connectivity index (χ1) is 9.13. The summed E-state index contributed by atoms with van der Waals surface area (Å²) in [6.45, 7) is 2.04. The Morgan fingerprint density at radius 3 is 2.89 bits per heavy atom. The predicted molar refractivity (Wildman–Crippen MR) is 70.8 cm³/mol. The van der Waals surface area contributed by atoms with Crippen LogP contribution in [0.2, 0.25) is 0 Å². The van der Waals surface area contributed by atoms with Gasteiger partial charge in [0, 0.05) is 12.2 Å². The van der Waals surface area contributed by atoms with Gasteiger partial charge in [0.2, 0.25) is 0 Å². The maximum Gasteiger partial charge on any atom is 0.326 e. The molecule has 0 bridgehead atoms. The van der Waals surface area contributed by atoms with E-state index in [0.29, 0.717) is 12.1 Å². The molecule has 1 aromatic heterocycles. The van der Waals surface area contributed by atoms with Crippen LogP contribution in [0.1, 0.15) is 43.7 Å². The number of aromatic nitrogens is 2. The highest BCUT2D eigenvalue weighted by atomic mass is 16.5. The molecule has 2 aliphatic carbocycles. The molecule has 104 valence electrons. The Kier molecular flexibility index (Phi) is 3.09. The van der Waals surface area contributed by atoms with E-state index < -0.39 is 5.54 Å². The van der Waals surface area contributed by atoms with Crippen LogP contribution in [-0.2, 0) is 9.53 Å². The Morgan fingerprint density at radius 1 is 1.53 bits per heavy atom. The van der Waals surface area contributed by atoms with Crippen molar-refractivity contribution in [3.05, 3.63) is 18.0 Å². The van der Waals surface area contributed by atoms with Crippen LogP contribution in [0.3, 0.4) is 0 Å². The lowest BCUT2D eigenvalue weighted by molar-refractivity contribution is -0.148. The van der Waals surface area contributed by atoms with Crippen LogP contribution in [0.5, 0.6) is 0 Å². The molecule has 3 rings (SSSR count). The zero-order valence-electron chi connectivity index (χ0n) is 11.6. The average Bonchev–Trinajstić information content (AvgIpc) is 2.93. The molecule has 5 nitrogen and oxygen atoms in total. The number of esters is 1. The summed E-state index contributed by atoms with van der Waals surface area (Å²) in [5, 5.41) is 7.89. The van der Waals surface area contributed by atoms with Crippen LogP contribution in [0.15, 0.2) is 12.4 Å². The molecule has 0 aromatic carbocycles. The van der Waals surface area contributed by atoms with Crippen LogP contribution < -0.4 is 5.32 Å². The van der Waals surface area contributed by atoms with Crippen molar-refractivity contribution in [3.63, 3.8) is 0 Å². The van der Waals surface area contributed by atoms with Crippen molar-refractivity contribution in [2.24, 2.45) is 0 Å². The number of nitrogens with zero attached hydrogens (tertiary/aromatic N) is 2. The Hall–Kier alpha value is -1.36. The van der Waals surface area contributed by atoms with Gasteiger partial charge in [-0.25, -0.2) is 0 Å². The Bertz CT molecular complexity index is 481. The van der Waals surface area contributed by atoms with Crippen molar-refractivity contribution < 1.29 is 9.53 Å². The number of aryl methyl sites for hydroxylation is 1. The van der Waals surface area contributed by atoms with Gasteiger partial charge < -0.3 is 4.74 Å². The zero-order chi connectivity index (χ0) is 13.5. The Morgan fingerprint density at radius 2 is 2.32 bits per heavy atom. The second-order valence-electron chi connectivity index (χ2n) is 5.89. The molecule has 2 fully saturated rings. The molecule has 2 aliphatic rings. The maximum atomic E-state index is 12.2. The van der Waals surface area contributed by atoms with Gasteiger partial charge in [-0.1, -0.05) is 0 Å². The van der Waals surface area contributed by atoms with E-state index in [0.717, 1.165) is 24.8 Å². The molecule has 0 spiro atoms. The molecule has 1 aromatic rings. The number of rotatable bonds is 4. The van der Waals surface area contributed by atoms with Gasteiger partial charge in [-0.05, 0) is 44.6 Å². The maximum absolute atomic E-state index is 12.2. The van der Waals surface area contributed by atoms with E-state index in [4.69, 9.17) is 4.74 Å². The summed E-state index contributed by atoms with van der Waals surface area (Å²) in [4.78, 5) is 12.2. The lowest BCUT2D eigenvalue weighted by atomic mass is 9.97. The summed E-state index contributed by atoms with van der Waals surface area (Å²) in [6.07, 6.45) is 8.84. The normalized spacial score (nSPS) is 30.5. The zero-order valence-corrected chi connectivity index (χ0v) is 11.6. The minimum atomic E-state index is -0.500. The number of ether oxygens (including phenoxy) is 1. The fourth-order valence-electron chi connectivity index (χ4n) is 3.07. The standard InChI is InChI=1S/C14H21N3O2/c1-10-8-15-17(9-10)12-5-6-14(7-12,13(18)19-2)16-11-3-4-11/h8-9,11-12,16H,3-7H2,1-2H3. The van der Waals surface area contributed by atoms with E-state index in [1.807, 2.05) is 17.8 Å². The second kappa shape index (κ2) is 4.63. The van der Waals surface area contributed by atoms with Crippen LogP contribution in [0.4, 0.5) is 0 Å². The van der Waals surface area contributed by atoms with Gasteiger partial charge in [-0.3, -0.25) is 14.8 Å². The summed E-state index contributed by atoms with van der Waals surface area (Å²) in [7, 11) is 1.48. The third-order valence-electron chi connectivity index (χ3n) is 4.23. The lowest BCUT2D eigenvalue weighted by Crippen LogP contribution is -2.51. The minimum Gasteiger partial charge on any atom is -0.468 e. The molecule has 5 heteroatoms. The lowest BCUT2D eigenvalue weighted by Gasteiger charge is -2.27. The summed E-state index contributed by atoms with van der Waals surface area (Å²) >= 11 is 0. The fraction of sp³-hybridized carbons (Fsp3) is 0.714. The number of methoxy groups -OCH3 is 1. The topological polar surface area (TPSA) is 56.1 Å². The molecule has 2 atom stereocenters. The van der Waals surface area contributed by atoms with Crippen molar-refractivity contribution in [3.8, 4) is 0 Å². The minimum absolute atomic E-state index is 0.120. The van der Waals surface area contributed by atoms with Gasteiger partial charge in [-0.2, -0.15) is 5.10 Å². The van der Waals surface area contributed by atoms with Crippen LogP contribution >= 0.6 is 0 Å². The molecule has 1 N–H and O–H groups in total. The van der Waals surface area contributed by atoms with Crippen LogP contribution in [0, 0.1) is 6.92 Å². The fourth-order valence-corrected chi connectivity index (χ4v) is 3.07. The van der Waals surface area contributed by atoms with E-state index >= 15 is 0 Å². The molecule has 1 heterocycles. The van der Waals surface area contributed by atoms with Gasteiger partial charge in [0.05, 0.1) is 19.3 Å². The highest BCUT2D eigenvalue weighted by molar-refractivity contribution is 5.81. The van der Waals surface area contributed by atoms with Gasteiger partial charge in [0.15, 0.2) is 0 Å². The smallest absolute Gasteiger partial charge is 0.326 e. The molecule has 2 unspecified atom stereocenters. The Labute approximate surface area is 113 Å². The molecule has 0 radical (unpaired) electrons. The number of carbonyl (C=O) groups is 1. The monoisotopic (exact) mass is 263 g/mol. The number of carbonyl (C=O) groups excluding carboxylic acids is 1. The largest absolute Gasteiger partial charge is 0.468 e. The Balaban J connectivity index is 1.77. The average molecular weight is 263 g/mol. The SMILES string of the molecule is COC(=O)C1(NC2CC2)CCC(n2cc(C)cn2)C1. The molecular weight excluding hydrogens is 242 g/mol. The van der Waals surface area contributed by atoms with Crippen molar-refractivity contribution >= 4 is 5.97 Å². The summed E-state index contributed by atoms with van der Waals surface area (Å²) in [6, 6.07) is 0.788. The van der Waals surface area contributed by atoms with Crippen molar-refractivity contribution in [2.75, 3.05) is 7.11 Å². The highest BCUT2D eigenvalue weighted by Gasteiger charge is 2.49. The highest BCUT2D eigenvalue weighted by Crippen LogP contribution is 2.40. The van der Waals surface area contributed by atoms with Crippen molar-refractivity contribution in [2.45, 2.75) is 56.7 Å². The molecule has 0 amide bonds. The van der Waals surface area contributed by atoms with E-state index in [-0.39, 0.29) is 5.97 Å². The van der Waals surface area contributed by atoms with E-state index in [9.17, 15) is 4.79 Å². The third-order valence-corrected chi connectivity index (χ3v) is 4.23. The number of nitrogens with one attached hydrogen (secondary N) is 1. The van der Waals surface area contributed by atoms with Gasteiger partial charge in [0.25, 0.3) is 0 Å². The number of hydrogen-bond acceptors (Lipinski definition) is 4. The van der Waals surface area contributed by atoms with Gasteiger partial charge >= 0.3 is 5.97 Å². The summed E-state index contributed by atoms with van der Waals surface area (Å²) < 4.78 is 7.02. The molecule has 0 aliphatic heterocycles. The van der Waals surface area contributed by atoms with Crippen molar-refractivity contribution in [1.29, 1.82) is 0 Å². The molecule has 0 saturated heterocycles. The first-order valence-corrected chi connectivity index (χ1v) is 7.00. The van der Waals surface area contributed by atoms with E-state index in [1.165, 1.54) is 20.0 Å². The summed E-state index contributed by atoms with van der Waals surface area (Å²) in [5.74, 6) is -0.120. The van der Waals surface area contributed by atoms with E-state index in [1.54, 1.807) is 0 Å². The van der Waals surface area contributed by atoms with E-state index in [2.05, 4.69) is 16.6 Å². The van der Waals surface area contributed by atoms with Gasteiger partial charge in [-0.15, -0.1) is 0 Å². The molecule has 19 heavy (non-hydrogen) atoms. The number of hydrogen-bond donors (Lipinski definition) is 1. The predicted octanol–water partition coefficient (Wildman–Crippen LogP) is 1.58.